The van der Waals surface area contributed by atoms with E-state index in [1.807, 2.05) is 0 Å². The van der Waals surface area contributed by atoms with Crippen LogP contribution in [0.15, 0.2) is 6.07 Å². The zero-order chi connectivity index (χ0) is 14.1. The monoisotopic (exact) mass is 274 g/mol. The van der Waals surface area contributed by atoms with Crippen molar-refractivity contribution in [1.29, 1.82) is 0 Å². The van der Waals surface area contributed by atoms with Gasteiger partial charge in [-0.15, -0.1) is 0 Å². The van der Waals surface area contributed by atoms with Crippen LogP contribution in [0, 0.1) is 6.92 Å². The summed E-state index contributed by atoms with van der Waals surface area (Å²) in [7, 11) is 2.26. The molecule has 0 N–H and O–H groups in total. The Labute approximate surface area is 122 Å². The molecule has 0 aliphatic heterocycles. The average molecular weight is 274 g/mol. The fourth-order valence-corrected chi connectivity index (χ4v) is 3.89. The van der Waals surface area contributed by atoms with E-state index >= 15 is 0 Å². The van der Waals surface area contributed by atoms with Crippen LogP contribution >= 0.6 is 0 Å². The van der Waals surface area contributed by atoms with E-state index in [0.717, 1.165) is 44.0 Å². The van der Waals surface area contributed by atoms with Gasteiger partial charge in [0.2, 0.25) is 0 Å². The Kier molecular flexibility index (Phi) is 3.97. The number of nitrogens with zero attached hydrogens (tertiary/aromatic N) is 2. The molecule has 110 valence electrons. The van der Waals surface area contributed by atoms with Gasteiger partial charge in [0.1, 0.15) is 0 Å². The van der Waals surface area contributed by atoms with Crippen molar-refractivity contribution in [2.75, 3.05) is 13.6 Å². The van der Waals surface area contributed by atoms with Crippen molar-refractivity contribution >= 4 is 5.78 Å². The smallest absolute Gasteiger partial charge is 0.164 e. The van der Waals surface area contributed by atoms with Crippen LogP contribution in [0.5, 0.6) is 0 Å². The third-order valence-electron chi connectivity index (χ3n) is 5.16. The second kappa shape index (κ2) is 5.72. The van der Waals surface area contributed by atoms with Crippen molar-refractivity contribution in [2.45, 2.75) is 64.5 Å². The Morgan fingerprint density at radius 3 is 2.75 bits per heavy atom. The molecule has 3 nitrogen and oxygen atoms in total. The number of aryl methyl sites for hydroxylation is 1. The summed E-state index contributed by atoms with van der Waals surface area (Å²) < 4.78 is 2.39. The number of Topliss-reactive ketones (excluding diaryl/α,β-unsaturated/α-hetero) is 1. The molecule has 3 rings (SSSR count). The molecule has 0 bridgehead atoms. The molecule has 1 aromatic rings. The number of rotatable bonds is 4. The summed E-state index contributed by atoms with van der Waals surface area (Å²) in [6, 6.07) is 2.88. The lowest BCUT2D eigenvalue weighted by Crippen LogP contribution is -2.32. The van der Waals surface area contributed by atoms with E-state index in [9.17, 15) is 4.79 Å². The number of ketones is 1. The molecule has 2 aliphatic rings. The summed E-state index contributed by atoms with van der Waals surface area (Å²) in [6.45, 7) is 4.27. The molecule has 1 saturated carbocycles. The van der Waals surface area contributed by atoms with Gasteiger partial charge >= 0.3 is 0 Å². The van der Waals surface area contributed by atoms with Gasteiger partial charge in [-0.2, -0.15) is 0 Å². The van der Waals surface area contributed by atoms with Gasteiger partial charge in [-0.1, -0.05) is 12.8 Å². The molecule has 0 radical (unpaired) electrons. The minimum atomic E-state index is 0.345. The van der Waals surface area contributed by atoms with Gasteiger partial charge < -0.3 is 9.47 Å². The Bertz CT molecular complexity index is 497. The molecule has 0 spiro atoms. The number of hydrogen-bond acceptors (Lipinski definition) is 2. The van der Waals surface area contributed by atoms with Crippen molar-refractivity contribution in [1.82, 2.24) is 9.47 Å². The summed E-state index contributed by atoms with van der Waals surface area (Å²) >= 11 is 0. The summed E-state index contributed by atoms with van der Waals surface area (Å²) in [6.07, 6.45) is 8.33. The van der Waals surface area contributed by atoms with E-state index in [2.05, 4.69) is 29.5 Å². The van der Waals surface area contributed by atoms with Crippen LogP contribution in [0.2, 0.25) is 0 Å². The number of carbonyl (C=O) groups excluding carboxylic acids is 1. The maximum Gasteiger partial charge on any atom is 0.164 e. The molecule has 1 fully saturated rings. The Morgan fingerprint density at radius 2 is 2.00 bits per heavy atom. The van der Waals surface area contributed by atoms with Crippen LogP contribution in [0.4, 0.5) is 0 Å². The van der Waals surface area contributed by atoms with Gasteiger partial charge in [0, 0.05) is 42.5 Å². The predicted molar refractivity (Wildman–Crippen MR) is 81.3 cm³/mol. The molecule has 20 heavy (non-hydrogen) atoms. The molecule has 3 heteroatoms. The van der Waals surface area contributed by atoms with Gasteiger partial charge in [0.05, 0.1) is 0 Å². The third kappa shape index (κ3) is 2.56. The summed E-state index contributed by atoms with van der Waals surface area (Å²) in [5.74, 6) is 0.345. The second-order valence-corrected chi connectivity index (χ2v) is 6.49. The van der Waals surface area contributed by atoms with Crippen molar-refractivity contribution in [3.63, 3.8) is 0 Å². The molecular weight excluding hydrogens is 248 g/mol. The highest BCUT2D eigenvalue weighted by atomic mass is 16.1. The van der Waals surface area contributed by atoms with E-state index < -0.39 is 0 Å². The van der Waals surface area contributed by atoms with Crippen molar-refractivity contribution in [3.05, 3.63) is 23.0 Å². The van der Waals surface area contributed by atoms with Gasteiger partial charge in [-0.25, -0.2) is 0 Å². The number of fused-ring (bicyclic) bond motifs is 1. The average Bonchev–Trinajstić information content (AvgIpc) is 3.05. The van der Waals surface area contributed by atoms with Gasteiger partial charge in [-0.3, -0.25) is 4.79 Å². The Hall–Kier alpha value is -1.09. The summed E-state index contributed by atoms with van der Waals surface area (Å²) in [5.41, 5.74) is 3.54. The molecule has 0 amide bonds. The maximum atomic E-state index is 12.0. The maximum absolute atomic E-state index is 12.0. The number of carbonyl (C=O) groups is 1. The first-order valence-electron chi connectivity index (χ1n) is 8.09. The zero-order valence-electron chi connectivity index (χ0n) is 12.8. The lowest BCUT2D eigenvalue weighted by atomic mass is 9.97. The van der Waals surface area contributed by atoms with Crippen LogP contribution < -0.4 is 0 Å². The van der Waals surface area contributed by atoms with Gasteiger partial charge in [0.15, 0.2) is 5.78 Å². The summed E-state index contributed by atoms with van der Waals surface area (Å²) in [4.78, 5) is 14.5. The highest BCUT2D eigenvalue weighted by Crippen LogP contribution is 2.26. The molecule has 0 atom stereocenters. The van der Waals surface area contributed by atoms with Gasteiger partial charge in [0.25, 0.3) is 0 Å². The largest absolute Gasteiger partial charge is 0.347 e. The lowest BCUT2D eigenvalue weighted by Gasteiger charge is -2.25. The van der Waals surface area contributed by atoms with Crippen LogP contribution in [-0.4, -0.2) is 34.9 Å². The molecule has 0 saturated heterocycles. The van der Waals surface area contributed by atoms with E-state index in [0.29, 0.717) is 5.78 Å². The highest BCUT2D eigenvalue weighted by Gasteiger charge is 2.23. The zero-order valence-corrected chi connectivity index (χ0v) is 12.8. The van der Waals surface area contributed by atoms with Crippen LogP contribution in [0.25, 0.3) is 0 Å². The second-order valence-electron chi connectivity index (χ2n) is 6.49. The van der Waals surface area contributed by atoms with E-state index in [4.69, 9.17) is 0 Å². The van der Waals surface area contributed by atoms with Crippen LogP contribution in [0.3, 0.4) is 0 Å². The minimum Gasteiger partial charge on any atom is -0.347 e. The highest BCUT2D eigenvalue weighted by molar-refractivity contribution is 5.98. The van der Waals surface area contributed by atoms with E-state index in [1.54, 1.807) is 0 Å². The van der Waals surface area contributed by atoms with Crippen molar-refractivity contribution < 1.29 is 4.79 Å². The minimum absolute atomic E-state index is 0.345. The molecular formula is C17H26N2O. The lowest BCUT2D eigenvalue weighted by molar-refractivity contribution is 0.0971. The standard InChI is InChI=1S/C17H26N2O/c1-13-12-15-16(8-5-9-17(15)20)19(13)11-10-18(2)14-6-3-4-7-14/h12,14H,3-11H2,1-2H3. The topological polar surface area (TPSA) is 25.2 Å². The number of aromatic nitrogens is 1. The molecule has 1 aromatic heterocycles. The Balaban J connectivity index is 1.69. The quantitative estimate of drug-likeness (QED) is 0.842. The predicted octanol–water partition coefficient (Wildman–Crippen LogP) is 3.19. The molecule has 0 unspecified atom stereocenters. The molecule has 2 aliphatic carbocycles. The van der Waals surface area contributed by atoms with Crippen LogP contribution in [-0.2, 0) is 13.0 Å². The molecule has 0 aromatic carbocycles. The van der Waals surface area contributed by atoms with E-state index in [1.165, 1.54) is 37.1 Å². The van der Waals surface area contributed by atoms with Crippen molar-refractivity contribution in [3.8, 4) is 0 Å². The number of likely N-dealkylation sites (N-methyl/N-ethyl adjacent to an activating group) is 1. The van der Waals surface area contributed by atoms with Crippen LogP contribution in [0.1, 0.15) is 60.3 Å². The molecule has 1 heterocycles. The summed E-state index contributed by atoms with van der Waals surface area (Å²) in [5, 5.41) is 0. The normalized spacial score (nSPS) is 19.9. The van der Waals surface area contributed by atoms with Crippen molar-refractivity contribution in [2.24, 2.45) is 0 Å². The fourth-order valence-electron chi connectivity index (χ4n) is 3.89. The van der Waals surface area contributed by atoms with E-state index in [-0.39, 0.29) is 0 Å². The SMILES string of the molecule is Cc1cc2c(n1CCN(C)C1CCCC1)CCCC2=O. The first-order valence-corrected chi connectivity index (χ1v) is 8.09. The van der Waals surface area contributed by atoms with Gasteiger partial charge in [-0.05, 0) is 45.7 Å². The Morgan fingerprint density at radius 1 is 1.25 bits per heavy atom. The first kappa shape index (κ1) is 13.9. The third-order valence-corrected chi connectivity index (χ3v) is 5.16. The fraction of sp³-hybridized carbons (Fsp3) is 0.706. The number of hydrogen-bond donors (Lipinski definition) is 0. The first-order chi connectivity index (χ1) is 9.66.